The highest BCUT2D eigenvalue weighted by atomic mass is 16.6. The minimum absolute atomic E-state index is 0.140. The summed E-state index contributed by atoms with van der Waals surface area (Å²) < 4.78 is 5.19. The molecule has 25 heavy (non-hydrogen) atoms. The third-order valence-electron chi connectivity index (χ3n) is 4.19. The van der Waals surface area contributed by atoms with Gasteiger partial charge in [0.1, 0.15) is 17.9 Å². The van der Waals surface area contributed by atoms with E-state index in [2.05, 4.69) is 5.32 Å². The highest BCUT2D eigenvalue weighted by molar-refractivity contribution is 5.86. The number of hydrogen-bond donors (Lipinski definition) is 1. The van der Waals surface area contributed by atoms with Gasteiger partial charge in [-0.05, 0) is 31.0 Å². The second-order valence-corrected chi connectivity index (χ2v) is 5.72. The molecule has 3 rings (SSSR count). The van der Waals surface area contributed by atoms with Gasteiger partial charge in [0.15, 0.2) is 0 Å². The Morgan fingerprint density at radius 2 is 2.32 bits per heavy atom. The molecule has 8 nitrogen and oxygen atoms in total. The summed E-state index contributed by atoms with van der Waals surface area (Å²) in [5.41, 5.74) is 0.599. The molecule has 1 fully saturated rings. The van der Waals surface area contributed by atoms with Crippen LogP contribution in [0.15, 0.2) is 41.0 Å². The number of hydrogen-bond acceptors (Lipinski definition) is 6. The molecule has 1 amide bonds. The molecular weight excluding hydrogens is 324 g/mol. The molecule has 0 radical (unpaired) electrons. The van der Waals surface area contributed by atoms with E-state index in [4.69, 9.17) is 4.42 Å². The molecule has 2 heterocycles. The van der Waals surface area contributed by atoms with E-state index >= 15 is 0 Å². The first-order valence-corrected chi connectivity index (χ1v) is 7.85. The number of carbonyl (C=O) groups excluding carboxylic acids is 1. The lowest BCUT2D eigenvalue weighted by Gasteiger charge is -2.26. The Hall–Kier alpha value is -3.34. The zero-order valence-corrected chi connectivity index (χ0v) is 13.3. The van der Waals surface area contributed by atoms with E-state index in [0.717, 1.165) is 6.42 Å². The fourth-order valence-electron chi connectivity index (χ4n) is 3.01. The van der Waals surface area contributed by atoms with Gasteiger partial charge in [-0.2, -0.15) is 5.26 Å². The van der Waals surface area contributed by atoms with Gasteiger partial charge in [0.2, 0.25) is 5.91 Å². The predicted molar refractivity (Wildman–Crippen MR) is 88.7 cm³/mol. The third kappa shape index (κ3) is 3.45. The number of anilines is 1. The number of nitro groups is 1. The molecule has 2 aromatic rings. The van der Waals surface area contributed by atoms with Gasteiger partial charge in [-0.3, -0.25) is 14.9 Å². The summed E-state index contributed by atoms with van der Waals surface area (Å²) in [7, 11) is 0. The monoisotopic (exact) mass is 340 g/mol. The number of amides is 1. The minimum atomic E-state index is -0.540. The van der Waals surface area contributed by atoms with E-state index in [1.54, 1.807) is 18.4 Å². The Labute approximate surface area is 143 Å². The quantitative estimate of drug-likeness (QED) is 0.660. The number of nitrogens with zero attached hydrogens (tertiary/aromatic N) is 3. The number of furan rings is 1. The van der Waals surface area contributed by atoms with Gasteiger partial charge in [-0.1, -0.05) is 0 Å². The topological polar surface area (TPSA) is 112 Å². The molecule has 1 atom stereocenters. The Kier molecular flexibility index (Phi) is 4.66. The van der Waals surface area contributed by atoms with E-state index in [9.17, 15) is 20.2 Å². The molecule has 1 aromatic carbocycles. The number of rotatable bonds is 5. The number of non-ortho nitro benzene ring substituents is 1. The van der Waals surface area contributed by atoms with Crippen molar-refractivity contribution in [2.45, 2.75) is 25.4 Å². The van der Waals surface area contributed by atoms with E-state index in [1.807, 2.05) is 11.0 Å². The molecule has 1 saturated heterocycles. The van der Waals surface area contributed by atoms with Crippen LogP contribution in [-0.2, 0) is 11.3 Å². The lowest BCUT2D eigenvalue weighted by molar-refractivity contribution is -0.384. The van der Waals surface area contributed by atoms with E-state index < -0.39 is 11.0 Å². The summed E-state index contributed by atoms with van der Waals surface area (Å²) in [4.78, 5) is 24.7. The fraction of sp³-hybridized carbons (Fsp3) is 0.294. The van der Waals surface area contributed by atoms with E-state index in [-0.39, 0.29) is 17.2 Å². The largest absolute Gasteiger partial charge is 0.467 e. The molecule has 1 aliphatic rings. The number of benzene rings is 1. The maximum atomic E-state index is 12.5. The smallest absolute Gasteiger partial charge is 0.270 e. The normalized spacial score (nSPS) is 16.4. The van der Waals surface area contributed by atoms with E-state index in [1.165, 1.54) is 18.2 Å². The summed E-state index contributed by atoms with van der Waals surface area (Å²) in [5.74, 6) is 0.502. The zero-order chi connectivity index (χ0) is 17.8. The van der Waals surface area contributed by atoms with Crippen LogP contribution in [0.3, 0.4) is 0 Å². The van der Waals surface area contributed by atoms with Crippen LogP contribution in [0.1, 0.15) is 24.2 Å². The van der Waals surface area contributed by atoms with Crippen molar-refractivity contribution in [1.29, 1.82) is 5.26 Å². The zero-order valence-electron chi connectivity index (χ0n) is 13.3. The van der Waals surface area contributed by atoms with Gasteiger partial charge in [0.05, 0.1) is 29.0 Å². The third-order valence-corrected chi connectivity index (χ3v) is 4.19. The summed E-state index contributed by atoms with van der Waals surface area (Å²) in [5, 5.41) is 23.0. The molecule has 0 aliphatic carbocycles. The number of nitro benzene ring substituents is 1. The van der Waals surface area contributed by atoms with Gasteiger partial charge in [-0.15, -0.1) is 0 Å². The van der Waals surface area contributed by atoms with Crippen molar-refractivity contribution in [3.63, 3.8) is 0 Å². The molecule has 0 spiro atoms. The van der Waals surface area contributed by atoms with Gasteiger partial charge >= 0.3 is 0 Å². The van der Waals surface area contributed by atoms with Crippen molar-refractivity contribution in [3.8, 4) is 6.07 Å². The average molecular weight is 340 g/mol. The van der Waals surface area contributed by atoms with Crippen LogP contribution in [0.2, 0.25) is 0 Å². The Morgan fingerprint density at radius 1 is 1.48 bits per heavy atom. The van der Waals surface area contributed by atoms with Crippen molar-refractivity contribution >= 4 is 17.3 Å². The van der Waals surface area contributed by atoms with E-state index in [0.29, 0.717) is 31.0 Å². The van der Waals surface area contributed by atoms with Crippen LogP contribution >= 0.6 is 0 Å². The first-order chi connectivity index (χ1) is 12.1. The van der Waals surface area contributed by atoms with Crippen molar-refractivity contribution in [2.24, 2.45) is 0 Å². The van der Waals surface area contributed by atoms with Crippen molar-refractivity contribution in [2.75, 3.05) is 11.4 Å². The number of carbonyl (C=O) groups is 1. The molecule has 8 heteroatoms. The summed E-state index contributed by atoms with van der Waals surface area (Å²) in [6.07, 6.45) is 3.01. The molecule has 128 valence electrons. The second-order valence-electron chi connectivity index (χ2n) is 5.72. The molecular formula is C17H16N4O4. The molecule has 1 N–H and O–H groups in total. The number of nitriles is 1. The fourth-order valence-corrected chi connectivity index (χ4v) is 3.01. The summed E-state index contributed by atoms with van der Waals surface area (Å²) in [6, 6.07) is 9.23. The number of nitrogens with one attached hydrogen (secondary N) is 1. The first kappa shape index (κ1) is 16.5. The van der Waals surface area contributed by atoms with Crippen LogP contribution in [0.5, 0.6) is 0 Å². The maximum absolute atomic E-state index is 12.5. The molecule has 0 saturated carbocycles. The Morgan fingerprint density at radius 3 is 3.00 bits per heavy atom. The van der Waals surface area contributed by atoms with Gasteiger partial charge in [0, 0.05) is 18.7 Å². The Balaban J connectivity index is 1.78. The van der Waals surface area contributed by atoms with Gasteiger partial charge in [-0.25, -0.2) is 0 Å². The Bertz CT molecular complexity index is 826. The minimum Gasteiger partial charge on any atom is -0.467 e. The SMILES string of the molecule is N#Cc1cc([N+](=O)[O-])ccc1N1CCC[C@H]1C(=O)NCc1ccco1. The van der Waals surface area contributed by atoms with Crippen molar-refractivity contribution in [1.82, 2.24) is 5.32 Å². The summed E-state index contributed by atoms with van der Waals surface area (Å²) in [6.45, 7) is 0.910. The van der Waals surface area contributed by atoms with Crippen molar-refractivity contribution < 1.29 is 14.1 Å². The van der Waals surface area contributed by atoms with Gasteiger partial charge in [0.25, 0.3) is 5.69 Å². The maximum Gasteiger partial charge on any atom is 0.270 e. The van der Waals surface area contributed by atoms with Gasteiger partial charge < -0.3 is 14.6 Å². The second kappa shape index (κ2) is 7.05. The van der Waals surface area contributed by atoms with Crippen LogP contribution in [0, 0.1) is 21.4 Å². The lowest BCUT2D eigenvalue weighted by atomic mass is 10.1. The average Bonchev–Trinajstić information content (AvgIpc) is 3.30. The molecule has 1 aromatic heterocycles. The standard InChI is InChI=1S/C17H16N4O4/c18-10-12-9-13(21(23)24)5-6-15(12)20-7-1-4-16(20)17(22)19-11-14-3-2-8-25-14/h2-3,5-6,8-9,16H,1,4,7,11H2,(H,19,22)/t16-/m0/s1. The predicted octanol–water partition coefficient (Wildman–Crippen LogP) is 2.34. The van der Waals surface area contributed by atoms with Crippen molar-refractivity contribution in [3.05, 3.63) is 58.0 Å². The van der Waals surface area contributed by atoms with Crippen LogP contribution in [0.25, 0.3) is 0 Å². The molecule has 1 aliphatic heterocycles. The molecule has 0 unspecified atom stereocenters. The highest BCUT2D eigenvalue weighted by Crippen LogP contribution is 2.31. The first-order valence-electron chi connectivity index (χ1n) is 7.85. The van der Waals surface area contributed by atoms with Crippen LogP contribution in [0.4, 0.5) is 11.4 Å². The van der Waals surface area contributed by atoms with Crippen LogP contribution in [-0.4, -0.2) is 23.4 Å². The van der Waals surface area contributed by atoms with Crippen LogP contribution < -0.4 is 10.2 Å². The summed E-state index contributed by atoms with van der Waals surface area (Å²) >= 11 is 0. The lowest BCUT2D eigenvalue weighted by Crippen LogP contribution is -2.43. The highest BCUT2D eigenvalue weighted by Gasteiger charge is 2.32. The molecule has 0 bridgehead atoms.